The molecule has 0 bridgehead atoms. The van der Waals surface area contributed by atoms with Gasteiger partial charge in [-0.2, -0.15) is 0 Å². The first-order valence-electron chi connectivity index (χ1n) is 9.27. The molecule has 0 N–H and O–H groups in total. The van der Waals surface area contributed by atoms with Crippen molar-refractivity contribution in [2.24, 2.45) is 0 Å². The summed E-state index contributed by atoms with van der Waals surface area (Å²) in [4.78, 5) is 11.9. The van der Waals surface area contributed by atoms with Crippen LogP contribution in [0, 0.1) is 20.8 Å². The van der Waals surface area contributed by atoms with Crippen molar-refractivity contribution in [2.75, 3.05) is 4.90 Å². The van der Waals surface area contributed by atoms with E-state index in [2.05, 4.69) is 70.7 Å². The Hall–Kier alpha value is -2.16. The van der Waals surface area contributed by atoms with Crippen molar-refractivity contribution in [2.45, 2.75) is 47.0 Å². The second-order valence-corrected chi connectivity index (χ2v) is 10.6. The van der Waals surface area contributed by atoms with E-state index in [0.29, 0.717) is 0 Å². The zero-order valence-electron chi connectivity index (χ0n) is 16.8. The predicted molar refractivity (Wildman–Crippen MR) is 115 cm³/mol. The molecule has 1 aliphatic rings. The number of aromatic nitrogens is 2. The number of benzene rings is 1. The van der Waals surface area contributed by atoms with Crippen LogP contribution < -0.4 is 13.8 Å². The van der Waals surface area contributed by atoms with Crippen LogP contribution in [0.1, 0.15) is 43.0 Å². The summed E-state index contributed by atoms with van der Waals surface area (Å²) < 4.78 is 2.63. The molecule has 0 aliphatic carbocycles. The van der Waals surface area contributed by atoms with Gasteiger partial charge in [-0.15, -0.1) is 0 Å². The number of pyridine rings is 2. The normalized spacial score (nSPS) is 13.3. The van der Waals surface area contributed by atoms with Gasteiger partial charge in [0.15, 0.2) is 0 Å². The first-order valence-corrected chi connectivity index (χ1v) is 11.0. The fourth-order valence-electron chi connectivity index (χ4n) is 3.58. The Morgan fingerprint density at radius 2 is 1.56 bits per heavy atom. The van der Waals surface area contributed by atoms with Crippen LogP contribution in [0.5, 0.6) is 0 Å². The third-order valence-corrected chi connectivity index (χ3v) is 7.17. The van der Waals surface area contributed by atoms with E-state index in [1.165, 1.54) is 36.9 Å². The quantitative estimate of drug-likeness (QED) is 0.432. The Labute approximate surface area is 168 Å². The van der Waals surface area contributed by atoms with E-state index in [4.69, 9.17) is 9.97 Å². The molecule has 4 rings (SSSR count). The van der Waals surface area contributed by atoms with E-state index in [1.54, 1.807) is 0 Å². The van der Waals surface area contributed by atoms with Gasteiger partial charge in [-0.3, -0.25) is 0 Å². The third-order valence-electron chi connectivity index (χ3n) is 4.94. The molecule has 138 valence electrons. The van der Waals surface area contributed by atoms with Gasteiger partial charge in [-0.1, -0.05) is 0 Å². The summed E-state index contributed by atoms with van der Waals surface area (Å²) >= 11 is 0.224. The number of fused-ring (bicyclic) bond motifs is 2. The van der Waals surface area contributed by atoms with E-state index in [1.807, 2.05) is 18.5 Å². The van der Waals surface area contributed by atoms with E-state index < -0.39 is 0 Å². The molecule has 3 nitrogen and oxygen atoms in total. The average molecular weight is 422 g/mol. The van der Waals surface area contributed by atoms with Gasteiger partial charge < -0.3 is 0 Å². The van der Waals surface area contributed by atoms with Crippen molar-refractivity contribution in [1.29, 1.82) is 0 Å². The van der Waals surface area contributed by atoms with Crippen molar-refractivity contribution >= 4 is 41.2 Å². The monoisotopic (exact) mass is 423 g/mol. The third kappa shape index (κ3) is 3.18. The molecule has 0 saturated heterocycles. The predicted octanol–water partition coefficient (Wildman–Crippen LogP) is 4.14. The van der Waals surface area contributed by atoms with Gasteiger partial charge in [0.1, 0.15) is 0 Å². The Morgan fingerprint density at radius 1 is 0.889 bits per heavy atom. The van der Waals surface area contributed by atoms with Crippen molar-refractivity contribution in [1.82, 2.24) is 9.97 Å². The van der Waals surface area contributed by atoms with Gasteiger partial charge in [0.25, 0.3) is 0 Å². The minimum absolute atomic E-state index is 0.127. The number of rotatable bonds is 1. The summed E-state index contributed by atoms with van der Waals surface area (Å²) in [6, 6.07) is 11.2. The average Bonchev–Trinajstić information content (AvgIpc) is 2.59. The van der Waals surface area contributed by atoms with Crippen LogP contribution in [-0.4, -0.2) is 24.9 Å². The summed E-state index contributed by atoms with van der Waals surface area (Å²) in [5, 5.41) is 0. The molecule has 27 heavy (non-hydrogen) atoms. The molecule has 0 atom stereocenters. The maximum absolute atomic E-state index is 4.83. The van der Waals surface area contributed by atoms with Crippen LogP contribution in [0.25, 0.3) is 0 Å². The number of nitrogens with zero attached hydrogens (tertiary/aromatic N) is 3. The van der Waals surface area contributed by atoms with Gasteiger partial charge in [-0.25, -0.2) is 0 Å². The molecule has 2 aromatic heterocycles. The van der Waals surface area contributed by atoms with Gasteiger partial charge in [0.05, 0.1) is 0 Å². The zero-order valence-corrected chi connectivity index (χ0v) is 18.5. The summed E-state index contributed by atoms with van der Waals surface area (Å²) in [6.07, 6.45) is 3.85. The summed E-state index contributed by atoms with van der Waals surface area (Å²) in [6.45, 7) is 13.3. The van der Waals surface area contributed by atoms with Crippen LogP contribution in [0.3, 0.4) is 0 Å². The standard InChI is InChI=1S/C23H25N3Se/c1-14-10-19-22(25-13-14)26(21-18(27-19)8-7-9-24-21)20-15(2)11-17(12-16(20)3)23(4,5)6/h7-13H,1-6H3. The molecule has 4 heteroatoms. The number of aryl methyl sites for hydroxylation is 3. The van der Waals surface area contributed by atoms with Crippen LogP contribution in [0.2, 0.25) is 0 Å². The van der Waals surface area contributed by atoms with Crippen LogP contribution in [0.4, 0.5) is 17.3 Å². The summed E-state index contributed by atoms with van der Waals surface area (Å²) in [5.74, 6) is 2.05. The molecule has 0 amide bonds. The van der Waals surface area contributed by atoms with Gasteiger partial charge in [0.2, 0.25) is 0 Å². The molecule has 0 fully saturated rings. The zero-order chi connectivity index (χ0) is 19.3. The summed E-state index contributed by atoms with van der Waals surface area (Å²) in [7, 11) is 0. The second kappa shape index (κ2) is 6.47. The van der Waals surface area contributed by atoms with E-state index in [0.717, 1.165) is 11.6 Å². The molecule has 3 heterocycles. The number of hydrogen-bond donors (Lipinski definition) is 0. The minimum atomic E-state index is 0.127. The van der Waals surface area contributed by atoms with Crippen LogP contribution in [-0.2, 0) is 5.41 Å². The van der Waals surface area contributed by atoms with Gasteiger partial charge in [-0.05, 0) is 0 Å². The summed E-state index contributed by atoms with van der Waals surface area (Å²) in [5.41, 5.74) is 6.43. The number of anilines is 3. The van der Waals surface area contributed by atoms with Crippen molar-refractivity contribution in [3.63, 3.8) is 0 Å². The first-order chi connectivity index (χ1) is 12.8. The fraction of sp³-hybridized carbons (Fsp3) is 0.304. The number of hydrogen-bond acceptors (Lipinski definition) is 3. The molecule has 0 radical (unpaired) electrons. The molecule has 1 aromatic carbocycles. The molecule has 1 aliphatic heterocycles. The van der Waals surface area contributed by atoms with Crippen LogP contribution >= 0.6 is 0 Å². The Kier molecular flexibility index (Phi) is 4.37. The van der Waals surface area contributed by atoms with Gasteiger partial charge >= 0.3 is 168 Å². The molecule has 3 aromatic rings. The van der Waals surface area contributed by atoms with E-state index >= 15 is 0 Å². The molecule has 0 spiro atoms. The van der Waals surface area contributed by atoms with Crippen molar-refractivity contribution < 1.29 is 0 Å². The van der Waals surface area contributed by atoms with Crippen molar-refractivity contribution in [3.8, 4) is 0 Å². The molecule has 0 saturated carbocycles. The second-order valence-electron chi connectivity index (χ2n) is 8.31. The van der Waals surface area contributed by atoms with E-state index in [-0.39, 0.29) is 20.4 Å². The Balaban J connectivity index is 1.97. The molecule has 0 unspecified atom stereocenters. The fourth-order valence-corrected chi connectivity index (χ4v) is 5.89. The maximum atomic E-state index is 4.83. The Bertz CT molecular complexity index is 1010. The first kappa shape index (κ1) is 18.2. The van der Waals surface area contributed by atoms with Gasteiger partial charge in [0, 0.05) is 0 Å². The van der Waals surface area contributed by atoms with Crippen LogP contribution in [0.15, 0.2) is 42.7 Å². The van der Waals surface area contributed by atoms with E-state index in [9.17, 15) is 0 Å². The molecular weight excluding hydrogens is 397 g/mol. The SMILES string of the molecule is Cc1cnc2c(c1)[Se]c1cccnc1N2c1c(C)cc(C(C)(C)C)cc1C. The Morgan fingerprint density at radius 3 is 2.22 bits per heavy atom. The van der Waals surface area contributed by atoms with Crippen molar-refractivity contribution in [3.05, 3.63) is 65.0 Å². The molecular formula is C23H25N3Se. The topological polar surface area (TPSA) is 29.0 Å².